The first-order valence-corrected chi connectivity index (χ1v) is 9.94. The molecule has 2 aromatic heterocycles. The van der Waals surface area contributed by atoms with Gasteiger partial charge in [-0.1, -0.05) is 23.7 Å². The van der Waals surface area contributed by atoms with Crippen LogP contribution in [-0.2, 0) is 17.9 Å². The molecule has 0 fully saturated rings. The van der Waals surface area contributed by atoms with Gasteiger partial charge in [0.2, 0.25) is 12.7 Å². The topological polar surface area (TPSA) is 86.9 Å². The molecule has 0 aliphatic carbocycles. The number of hydrogen-bond donors (Lipinski definition) is 1. The van der Waals surface area contributed by atoms with Crippen molar-refractivity contribution in [2.24, 2.45) is 0 Å². The van der Waals surface area contributed by atoms with Crippen LogP contribution in [0.3, 0.4) is 0 Å². The second-order valence-corrected chi connectivity index (χ2v) is 7.50. The first kappa shape index (κ1) is 19.2. The fourth-order valence-electron chi connectivity index (χ4n) is 3.36. The van der Waals surface area contributed by atoms with Gasteiger partial charge in [0.05, 0.1) is 5.69 Å². The standard InChI is InChI=1S/C22H17ClN4O4/c23-16-4-1-14(2-5-16)11-24-21(28)12-26-7-8-27-18(22(26)29)10-17(25-27)15-3-6-19-20(9-15)31-13-30-19/h1-10H,11-13H2,(H,24,28). The Morgan fingerprint density at radius 1 is 1.06 bits per heavy atom. The minimum Gasteiger partial charge on any atom is -0.454 e. The highest BCUT2D eigenvalue weighted by Crippen LogP contribution is 2.35. The van der Waals surface area contributed by atoms with Crippen molar-refractivity contribution in [3.63, 3.8) is 0 Å². The molecule has 0 spiro atoms. The molecule has 1 N–H and O–H groups in total. The fraction of sp³-hybridized carbons (Fsp3) is 0.136. The molecule has 3 heterocycles. The molecule has 1 aliphatic heterocycles. The molecular weight excluding hydrogens is 420 g/mol. The number of carbonyl (C=O) groups is 1. The highest BCUT2D eigenvalue weighted by Gasteiger charge is 2.16. The second-order valence-electron chi connectivity index (χ2n) is 7.06. The Hall–Kier alpha value is -3.78. The average molecular weight is 437 g/mol. The smallest absolute Gasteiger partial charge is 0.277 e. The summed E-state index contributed by atoms with van der Waals surface area (Å²) in [6.07, 6.45) is 3.20. The molecule has 0 bridgehead atoms. The van der Waals surface area contributed by atoms with Crippen LogP contribution in [0.25, 0.3) is 16.8 Å². The van der Waals surface area contributed by atoms with Gasteiger partial charge in [-0.3, -0.25) is 9.59 Å². The number of carbonyl (C=O) groups excluding carboxylic acids is 1. The van der Waals surface area contributed by atoms with Crippen molar-refractivity contribution in [1.29, 1.82) is 0 Å². The van der Waals surface area contributed by atoms with E-state index in [9.17, 15) is 9.59 Å². The molecule has 31 heavy (non-hydrogen) atoms. The zero-order valence-electron chi connectivity index (χ0n) is 16.2. The van der Waals surface area contributed by atoms with Crippen LogP contribution < -0.4 is 20.3 Å². The van der Waals surface area contributed by atoms with E-state index in [-0.39, 0.29) is 24.8 Å². The molecule has 0 saturated carbocycles. The van der Waals surface area contributed by atoms with Crippen LogP contribution in [0.1, 0.15) is 5.56 Å². The van der Waals surface area contributed by atoms with Gasteiger partial charge in [0, 0.05) is 29.5 Å². The van der Waals surface area contributed by atoms with E-state index >= 15 is 0 Å². The van der Waals surface area contributed by atoms with Crippen molar-refractivity contribution < 1.29 is 14.3 Å². The predicted octanol–water partition coefficient (Wildman–Crippen LogP) is 2.86. The Bertz CT molecular complexity index is 1340. The van der Waals surface area contributed by atoms with Crippen LogP contribution in [0.5, 0.6) is 11.5 Å². The molecule has 156 valence electrons. The molecule has 9 heteroatoms. The van der Waals surface area contributed by atoms with Crippen LogP contribution in [0.4, 0.5) is 0 Å². The molecule has 0 unspecified atom stereocenters. The number of ether oxygens (including phenoxy) is 2. The fourth-order valence-corrected chi connectivity index (χ4v) is 3.49. The maximum atomic E-state index is 12.9. The summed E-state index contributed by atoms with van der Waals surface area (Å²) in [6, 6.07) is 14.4. The van der Waals surface area contributed by atoms with E-state index in [4.69, 9.17) is 21.1 Å². The Labute approximate surface area is 181 Å². The summed E-state index contributed by atoms with van der Waals surface area (Å²) < 4.78 is 13.6. The van der Waals surface area contributed by atoms with E-state index < -0.39 is 0 Å². The SMILES string of the molecule is O=C(Cn1ccn2nc(-c3ccc4c(c3)OCO4)cc2c1=O)NCc1ccc(Cl)cc1. The number of benzene rings is 2. The maximum Gasteiger partial charge on any atom is 0.277 e. The number of hydrogen-bond acceptors (Lipinski definition) is 5. The quantitative estimate of drug-likeness (QED) is 0.520. The third-order valence-corrected chi connectivity index (χ3v) is 5.24. The molecule has 1 aliphatic rings. The molecular formula is C22H17ClN4O4. The van der Waals surface area contributed by atoms with Crippen LogP contribution in [-0.4, -0.2) is 26.9 Å². The molecule has 0 saturated heterocycles. The molecule has 1 amide bonds. The zero-order valence-corrected chi connectivity index (χ0v) is 17.0. The minimum absolute atomic E-state index is 0.0898. The van der Waals surface area contributed by atoms with Gasteiger partial charge >= 0.3 is 0 Å². The van der Waals surface area contributed by atoms with Crippen molar-refractivity contribution in [2.75, 3.05) is 6.79 Å². The van der Waals surface area contributed by atoms with Crippen molar-refractivity contribution in [2.45, 2.75) is 13.1 Å². The third kappa shape index (κ3) is 3.85. The van der Waals surface area contributed by atoms with E-state index in [0.29, 0.717) is 34.3 Å². The van der Waals surface area contributed by atoms with Crippen molar-refractivity contribution in [3.05, 3.63) is 81.9 Å². The first-order chi connectivity index (χ1) is 15.1. The van der Waals surface area contributed by atoms with Gasteiger partial charge in [0.1, 0.15) is 12.1 Å². The zero-order chi connectivity index (χ0) is 21.4. The van der Waals surface area contributed by atoms with Crippen LogP contribution in [0.2, 0.25) is 5.02 Å². The lowest BCUT2D eigenvalue weighted by Crippen LogP contribution is -2.32. The average Bonchev–Trinajstić information content (AvgIpc) is 3.42. The van der Waals surface area contributed by atoms with Gasteiger partial charge in [0.25, 0.3) is 5.56 Å². The van der Waals surface area contributed by atoms with Crippen LogP contribution in [0.15, 0.2) is 65.7 Å². The first-order valence-electron chi connectivity index (χ1n) is 9.57. The predicted molar refractivity (Wildman–Crippen MR) is 114 cm³/mol. The molecule has 8 nitrogen and oxygen atoms in total. The Morgan fingerprint density at radius 3 is 2.71 bits per heavy atom. The molecule has 2 aromatic carbocycles. The van der Waals surface area contributed by atoms with Crippen LogP contribution in [0, 0.1) is 0 Å². The lowest BCUT2D eigenvalue weighted by Gasteiger charge is -2.08. The number of aromatic nitrogens is 3. The van der Waals surface area contributed by atoms with Gasteiger partial charge in [0.15, 0.2) is 11.5 Å². The monoisotopic (exact) mass is 436 g/mol. The summed E-state index contributed by atoms with van der Waals surface area (Å²) in [6.45, 7) is 0.455. The Balaban J connectivity index is 1.34. The molecule has 4 aromatic rings. The van der Waals surface area contributed by atoms with E-state index in [1.165, 1.54) is 9.08 Å². The summed E-state index contributed by atoms with van der Waals surface area (Å²) in [5.41, 5.74) is 2.42. The normalized spacial score (nSPS) is 12.3. The summed E-state index contributed by atoms with van der Waals surface area (Å²) in [4.78, 5) is 25.2. The van der Waals surface area contributed by atoms with Crippen molar-refractivity contribution in [1.82, 2.24) is 19.5 Å². The lowest BCUT2D eigenvalue weighted by molar-refractivity contribution is -0.121. The largest absolute Gasteiger partial charge is 0.454 e. The van der Waals surface area contributed by atoms with Gasteiger partial charge in [-0.15, -0.1) is 0 Å². The van der Waals surface area contributed by atoms with Gasteiger partial charge in [-0.25, -0.2) is 4.52 Å². The van der Waals surface area contributed by atoms with E-state index in [0.717, 1.165) is 11.1 Å². The maximum absolute atomic E-state index is 12.9. The van der Waals surface area contributed by atoms with Gasteiger partial charge in [-0.05, 0) is 42.0 Å². The van der Waals surface area contributed by atoms with Crippen molar-refractivity contribution >= 4 is 23.0 Å². The summed E-state index contributed by atoms with van der Waals surface area (Å²) >= 11 is 5.87. The number of rotatable bonds is 5. The highest BCUT2D eigenvalue weighted by molar-refractivity contribution is 6.30. The van der Waals surface area contributed by atoms with Crippen LogP contribution >= 0.6 is 11.6 Å². The summed E-state index contributed by atoms with van der Waals surface area (Å²) in [5.74, 6) is 1.06. The van der Waals surface area contributed by atoms with Crippen molar-refractivity contribution in [3.8, 4) is 22.8 Å². The lowest BCUT2D eigenvalue weighted by atomic mass is 10.1. The van der Waals surface area contributed by atoms with E-state index in [1.807, 2.05) is 30.3 Å². The third-order valence-electron chi connectivity index (χ3n) is 4.99. The number of nitrogens with zero attached hydrogens (tertiary/aromatic N) is 3. The summed E-state index contributed by atoms with van der Waals surface area (Å²) in [7, 11) is 0. The minimum atomic E-state index is -0.302. The second kappa shape index (κ2) is 7.81. The highest BCUT2D eigenvalue weighted by atomic mass is 35.5. The molecule has 5 rings (SSSR count). The molecule has 0 radical (unpaired) electrons. The number of nitrogens with one attached hydrogen (secondary N) is 1. The number of fused-ring (bicyclic) bond motifs is 2. The van der Waals surface area contributed by atoms with Gasteiger partial charge < -0.3 is 19.4 Å². The van der Waals surface area contributed by atoms with E-state index in [2.05, 4.69) is 10.4 Å². The summed E-state index contributed by atoms with van der Waals surface area (Å²) in [5, 5.41) is 7.91. The number of amides is 1. The Morgan fingerprint density at radius 2 is 1.87 bits per heavy atom. The van der Waals surface area contributed by atoms with E-state index in [1.54, 1.807) is 30.6 Å². The number of halogens is 1. The molecule has 0 atom stereocenters. The van der Waals surface area contributed by atoms with Gasteiger partial charge in [-0.2, -0.15) is 5.10 Å². The Kier molecular flexibility index (Phi) is 4.83.